The Morgan fingerprint density at radius 3 is 2.52 bits per heavy atom. The Hall–Kier alpha value is -0.570. The lowest BCUT2D eigenvalue weighted by Gasteiger charge is -2.34. The van der Waals surface area contributed by atoms with Gasteiger partial charge in [-0.15, -0.1) is 0 Å². The molecule has 0 aromatic rings. The summed E-state index contributed by atoms with van der Waals surface area (Å²) in [6.45, 7) is 11.4. The normalized spacial score (nSPS) is 23.8. The van der Waals surface area contributed by atoms with Gasteiger partial charge in [0, 0.05) is 13.1 Å². The lowest BCUT2D eigenvalue weighted by molar-refractivity contribution is -0.134. The van der Waals surface area contributed by atoms with Gasteiger partial charge in [0.15, 0.2) is 0 Å². The molecule has 1 amide bonds. The van der Waals surface area contributed by atoms with Crippen molar-refractivity contribution in [3.05, 3.63) is 0 Å². The van der Waals surface area contributed by atoms with Crippen LogP contribution in [-0.4, -0.2) is 36.5 Å². The minimum absolute atomic E-state index is 0.0623. The van der Waals surface area contributed by atoms with Gasteiger partial charge in [-0.2, -0.15) is 0 Å². The van der Waals surface area contributed by atoms with Gasteiger partial charge in [-0.25, -0.2) is 0 Å². The first-order valence-electron chi connectivity index (χ1n) is 9.18. The third-order valence-corrected chi connectivity index (χ3v) is 5.10. The summed E-state index contributed by atoms with van der Waals surface area (Å²) in [7, 11) is 0. The van der Waals surface area contributed by atoms with E-state index in [1.165, 1.54) is 38.5 Å². The topological polar surface area (TPSA) is 32.3 Å². The van der Waals surface area contributed by atoms with Crippen LogP contribution in [0.2, 0.25) is 0 Å². The maximum absolute atomic E-state index is 12.5. The second-order valence-corrected chi connectivity index (χ2v) is 6.56. The summed E-state index contributed by atoms with van der Waals surface area (Å²) in [4.78, 5) is 14.5. The molecule has 0 bridgehead atoms. The number of unbranched alkanes of at least 4 members (excludes halogenated alkanes) is 1. The van der Waals surface area contributed by atoms with E-state index in [1.54, 1.807) is 0 Å². The van der Waals surface area contributed by atoms with Crippen molar-refractivity contribution in [2.24, 2.45) is 11.8 Å². The number of hydrogen-bond acceptors (Lipinski definition) is 2. The fourth-order valence-electron chi connectivity index (χ4n) is 3.61. The number of nitrogens with zero attached hydrogens (tertiary/aromatic N) is 1. The molecule has 1 rings (SSSR count). The quantitative estimate of drug-likeness (QED) is 0.701. The Labute approximate surface area is 131 Å². The number of nitrogens with one attached hydrogen (secondary N) is 1. The van der Waals surface area contributed by atoms with Gasteiger partial charge in [-0.05, 0) is 51.5 Å². The Bertz CT molecular complexity index is 289. The van der Waals surface area contributed by atoms with Crippen molar-refractivity contribution in [3.63, 3.8) is 0 Å². The van der Waals surface area contributed by atoms with Crippen molar-refractivity contribution in [2.45, 2.75) is 78.7 Å². The minimum Gasteiger partial charge on any atom is -0.342 e. The third-order valence-electron chi connectivity index (χ3n) is 5.10. The van der Waals surface area contributed by atoms with Gasteiger partial charge >= 0.3 is 0 Å². The second kappa shape index (κ2) is 10.2. The Morgan fingerprint density at radius 2 is 1.95 bits per heavy atom. The average molecular weight is 296 g/mol. The predicted octanol–water partition coefficient (Wildman–Crippen LogP) is 3.83. The first-order chi connectivity index (χ1) is 10.2. The molecule has 1 aliphatic rings. The van der Waals surface area contributed by atoms with E-state index in [1.807, 2.05) is 4.90 Å². The van der Waals surface area contributed by atoms with Crippen LogP contribution in [0, 0.1) is 11.8 Å². The highest BCUT2D eigenvalue weighted by Crippen LogP contribution is 2.28. The summed E-state index contributed by atoms with van der Waals surface area (Å²) < 4.78 is 0. The van der Waals surface area contributed by atoms with Gasteiger partial charge in [0.1, 0.15) is 0 Å². The van der Waals surface area contributed by atoms with Crippen molar-refractivity contribution in [3.8, 4) is 0 Å². The lowest BCUT2D eigenvalue weighted by atomic mass is 9.82. The van der Waals surface area contributed by atoms with Crippen molar-refractivity contribution in [2.75, 3.05) is 19.6 Å². The molecule has 21 heavy (non-hydrogen) atoms. The summed E-state index contributed by atoms with van der Waals surface area (Å²) in [6, 6.07) is 0.0623. The molecule has 0 radical (unpaired) electrons. The fraction of sp³-hybridized carbons (Fsp3) is 0.944. The van der Waals surface area contributed by atoms with Crippen LogP contribution in [0.3, 0.4) is 0 Å². The molecule has 0 spiro atoms. The van der Waals surface area contributed by atoms with Crippen LogP contribution in [0.15, 0.2) is 0 Å². The van der Waals surface area contributed by atoms with E-state index in [0.717, 1.165) is 37.9 Å². The Kier molecular flexibility index (Phi) is 8.98. The number of carbonyl (C=O) groups excluding carboxylic acids is 1. The van der Waals surface area contributed by atoms with Crippen LogP contribution in [0.1, 0.15) is 72.6 Å². The maximum atomic E-state index is 12.5. The highest BCUT2D eigenvalue weighted by molar-refractivity contribution is 5.82. The van der Waals surface area contributed by atoms with Crippen LogP contribution in [0.5, 0.6) is 0 Å². The van der Waals surface area contributed by atoms with Gasteiger partial charge < -0.3 is 10.2 Å². The van der Waals surface area contributed by atoms with Gasteiger partial charge in [0.05, 0.1) is 6.04 Å². The van der Waals surface area contributed by atoms with Crippen LogP contribution in [0.4, 0.5) is 0 Å². The highest BCUT2D eigenvalue weighted by Gasteiger charge is 2.29. The minimum atomic E-state index is 0.0623. The highest BCUT2D eigenvalue weighted by atomic mass is 16.2. The Morgan fingerprint density at radius 1 is 1.24 bits per heavy atom. The number of likely N-dealkylation sites (N-methyl/N-ethyl adjacent to an activating group) is 1. The predicted molar refractivity (Wildman–Crippen MR) is 90.4 cm³/mol. The molecule has 0 saturated carbocycles. The van der Waals surface area contributed by atoms with Crippen LogP contribution < -0.4 is 5.32 Å². The van der Waals surface area contributed by atoms with Crippen molar-refractivity contribution < 1.29 is 4.79 Å². The Balaban J connectivity index is 2.49. The molecule has 0 aromatic heterocycles. The van der Waals surface area contributed by atoms with Gasteiger partial charge in [-0.3, -0.25) is 4.79 Å². The summed E-state index contributed by atoms with van der Waals surface area (Å²) in [5, 5.41) is 3.44. The average Bonchev–Trinajstić information content (AvgIpc) is 2.52. The van der Waals surface area contributed by atoms with E-state index in [-0.39, 0.29) is 6.04 Å². The maximum Gasteiger partial charge on any atom is 0.239 e. The molecular weight excluding hydrogens is 260 g/mol. The smallest absolute Gasteiger partial charge is 0.239 e. The molecule has 1 fully saturated rings. The molecule has 3 atom stereocenters. The summed E-state index contributed by atoms with van der Waals surface area (Å²) >= 11 is 0. The molecule has 1 N–H and O–H groups in total. The van der Waals surface area contributed by atoms with E-state index < -0.39 is 0 Å². The molecule has 124 valence electrons. The molecule has 1 aliphatic heterocycles. The number of piperidine rings is 1. The van der Waals surface area contributed by atoms with E-state index in [4.69, 9.17) is 0 Å². The summed E-state index contributed by atoms with van der Waals surface area (Å²) in [5.41, 5.74) is 0. The molecular formula is C18H36N2O. The van der Waals surface area contributed by atoms with Crippen LogP contribution in [0.25, 0.3) is 0 Å². The van der Waals surface area contributed by atoms with Gasteiger partial charge in [0.25, 0.3) is 0 Å². The van der Waals surface area contributed by atoms with Gasteiger partial charge in [-0.1, -0.05) is 39.5 Å². The molecule has 1 heterocycles. The zero-order chi connectivity index (χ0) is 15.7. The standard InChI is InChI=1S/C18H36N2O/c1-5-9-10-15(6-2)13-16-11-12-19-17(14-16)18(21)20(7-3)8-4/h15-17,19H,5-14H2,1-4H3. The third kappa shape index (κ3) is 5.98. The first kappa shape index (κ1) is 18.5. The molecule has 3 heteroatoms. The molecule has 3 unspecified atom stereocenters. The number of rotatable bonds is 9. The largest absolute Gasteiger partial charge is 0.342 e. The lowest BCUT2D eigenvalue weighted by Crippen LogP contribution is -2.50. The van der Waals surface area contributed by atoms with Crippen LogP contribution >= 0.6 is 0 Å². The molecule has 3 nitrogen and oxygen atoms in total. The van der Waals surface area contributed by atoms with Gasteiger partial charge in [0.2, 0.25) is 5.91 Å². The van der Waals surface area contributed by atoms with E-state index in [2.05, 4.69) is 33.0 Å². The van der Waals surface area contributed by atoms with E-state index >= 15 is 0 Å². The molecule has 1 saturated heterocycles. The molecule has 0 aromatic carbocycles. The second-order valence-electron chi connectivity index (χ2n) is 6.56. The summed E-state index contributed by atoms with van der Waals surface area (Å²) in [6.07, 6.45) is 8.91. The monoisotopic (exact) mass is 296 g/mol. The summed E-state index contributed by atoms with van der Waals surface area (Å²) in [5.74, 6) is 1.90. The van der Waals surface area contributed by atoms with Crippen molar-refractivity contribution in [1.82, 2.24) is 10.2 Å². The van der Waals surface area contributed by atoms with Crippen LogP contribution in [-0.2, 0) is 4.79 Å². The van der Waals surface area contributed by atoms with E-state index in [0.29, 0.717) is 5.91 Å². The molecule has 0 aliphatic carbocycles. The first-order valence-corrected chi connectivity index (χ1v) is 9.18. The van der Waals surface area contributed by atoms with Crippen molar-refractivity contribution >= 4 is 5.91 Å². The number of carbonyl (C=O) groups is 1. The van der Waals surface area contributed by atoms with Crippen molar-refractivity contribution in [1.29, 1.82) is 0 Å². The zero-order valence-electron chi connectivity index (χ0n) is 14.7. The van der Waals surface area contributed by atoms with E-state index in [9.17, 15) is 4.79 Å². The SMILES string of the molecule is CCCCC(CC)CC1CCNC(C(=O)N(CC)CC)C1. The zero-order valence-corrected chi connectivity index (χ0v) is 14.7. The fourth-order valence-corrected chi connectivity index (χ4v) is 3.61. The number of amides is 1. The number of hydrogen-bond donors (Lipinski definition) is 1.